The third-order valence-electron chi connectivity index (χ3n) is 11.1. The summed E-state index contributed by atoms with van der Waals surface area (Å²) in [6.45, 7) is 21.3. The van der Waals surface area contributed by atoms with E-state index in [9.17, 15) is 0 Å². The van der Waals surface area contributed by atoms with Gasteiger partial charge in [0.1, 0.15) is 0 Å². The first-order valence-corrected chi connectivity index (χ1v) is 16.3. The molecule has 182 valence electrons. The van der Waals surface area contributed by atoms with E-state index in [0.29, 0.717) is 34.7 Å². The highest BCUT2D eigenvalue weighted by atomic mass is 28.4. The highest BCUT2D eigenvalue weighted by Gasteiger charge is 2.67. The second-order valence-corrected chi connectivity index (χ2v) is 19.2. The van der Waals surface area contributed by atoms with Crippen molar-refractivity contribution in [2.45, 2.75) is 129 Å². The summed E-state index contributed by atoms with van der Waals surface area (Å²) in [6, 6.07) is 0. The maximum Gasteiger partial charge on any atom is 0.192 e. The highest BCUT2D eigenvalue weighted by Crippen LogP contribution is 2.67. The van der Waals surface area contributed by atoms with Crippen LogP contribution in [-0.2, 0) is 13.9 Å². The van der Waals surface area contributed by atoms with Crippen LogP contribution in [-0.4, -0.2) is 32.4 Å². The average molecular weight is 461 g/mol. The van der Waals surface area contributed by atoms with Crippen LogP contribution < -0.4 is 0 Å². The lowest BCUT2D eigenvalue weighted by Crippen LogP contribution is -2.63. The van der Waals surface area contributed by atoms with Crippen LogP contribution in [0.2, 0.25) is 18.1 Å². The Labute approximate surface area is 198 Å². The molecule has 0 aromatic rings. The summed E-state index contributed by atoms with van der Waals surface area (Å²) in [4.78, 5) is 0. The van der Waals surface area contributed by atoms with Gasteiger partial charge in [-0.05, 0) is 105 Å². The van der Waals surface area contributed by atoms with Crippen LogP contribution in [0.3, 0.4) is 0 Å². The molecule has 4 heteroatoms. The second kappa shape index (κ2) is 7.18. The molecule has 3 nitrogen and oxygen atoms in total. The number of hydrogen-bond acceptors (Lipinski definition) is 3. The zero-order valence-electron chi connectivity index (χ0n) is 22.2. The van der Waals surface area contributed by atoms with Crippen molar-refractivity contribution in [1.29, 1.82) is 0 Å². The number of allylic oxidation sites excluding steroid dienone is 2. The van der Waals surface area contributed by atoms with Gasteiger partial charge in [-0.15, -0.1) is 0 Å². The van der Waals surface area contributed by atoms with Crippen molar-refractivity contribution < 1.29 is 13.9 Å². The lowest BCUT2D eigenvalue weighted by Gasteiger charge is -2.63. The second-order valence-electron chi connectivity index (χ2n) is 14.4. The average Bonchev–Trinajstić information content (AvgIpc) is 3.20. The van der Waals surface area contributed by atoms with Crippen LogP contribution in [0.1, 0.15) is 87.0 Å². The summed E-state index contributed by atoms with van der Waals surface area (Å²) in [7, 11) is -1.78. The maximum atomic E-state index is 6.99. The molecule has 0 aromatic carbocycles. The molecule has 5 aliphatic rings. The molecule has 4 aliphatic carbocycles. The van der Waals surface area contributed by atoms with Gasteiger partial charge in [-0.1, -0.05) is 46.8 Å². The smallest absolute Gasteiger partial charge is 0.192 e. The monoisotopic (exact) mass is 460 g/mol. The van der Waals surface area contributed by atoms with E-state index in [-0.39, 0.29) is 17.2 Å². The predicted molar refractivity (Wildman–Crippen MR) is 133 cm³/mol. The Morgan fingerprint density at radius 2 is 1.59 bits per heavy atom. The molecule has 32 heavy (non-hydrogen) atoms. The molecule has 1 heterocycles. The van der Waals surface area contributed by atoms with Crippen LogP contribution in [0, 0.1) is 34.5 Å². The summed E-state index contributed by atoms with van der Waals surface area (Å²) < 4.78 is 20.5. The third-order valence-corrected chi connectivity index (χ3v) is 15.6. The topological polar surface area (TPSA) is 27.7 Å². The van der Waals surface area contributed by atoms with Crippen LogP contribution >= 0.6 is 0 Å². The van der Waals surface area contributed by atoms with Crippen molar-refractivity contribution in [3.8, 4) is 0 Å². The normalized spacial score (nSPS) is 49.8. The van der Waals surface area contributed by atoms with Crippen molar-refractivity contribution in [1.82, 2.24) is 0 Å². The van der Waals surface area contributed by atoms with E-state index in [1.807, 2.05) is 0 Å². The Morgan fingerprint density at radius 1 is 0.906 bits per heavy atom. The Kier molecular flexibility index (Phi) is 5.29. The number of ether oxygens (including phenoxy) is 2. The van der Waals surface area contributed by atoms with Gasteiger partial charge in [-0.25, -0.2) is 0 Å². The largest absolute Gasteiger partial charge is 0.414 e. The van der Waals surface area contributed by atoms with Gasteiger partial charge in [0.05, 0.1) is 12.2 Å². The standard InChI is InChI=1S/C28H48O3Si/c1-25(2,3)32(8,9)31-18-12-16-28(7)20-13-15-27(6)14-10-11-19(27)22(20)24-23(21(28)17-18)29-26(4,5)30-24/h10,14,18-24H,11-13,15-17H2,1-9H3/t18?,19-,20-,21+,22-,23+,24+,27-,28+/m0/s1. The molecular weight excluding hydrogens is 412 g/mol. The van der Waals surface area contributed by atoms with Crippen LogP contribution in [0.5, 0.6) is 0 Å². The molecule has 5 rings (SSSR count). The first-order valence-electron chi connectivity index (χ1n) is 13.4. The zero-order chi connectivity index (χ0) is 23.3. The van der Waals surface area contributed by atoms with E-state index in [1.54, 1.807) is 0 Å². The van der Waals surface area contributed by atoms with Crippen molar-refractivity contribution >= 4 is 8.32 Å². The first kappa shape index (κ1) is 23.6. The van der Waals surface area contributed by atoms with Gasteiger partial charge >= 0.3 is 0 Å². The number of fused-ring (bicyclic) bond motifs is 8. The van der Waals surface area contributed by atoms with E-state index in [4.69, 9.17) is 13.9 Å². The fourth-order valence-corrected chi connectivity index (χ4v) is 9.73. The SMILES string of the molecule is CC1(C)O[C@H]2[C@H](O1)[C@H]1CC(O[Si](C)(C)C(C)(C)C)CC[C@]1(C)[C@H]1CC[C@]3(C)C=CC[C@H]3[C@H]21. The Hall–Kier alpha value is -0.163. The lowest BCUT2D eigenvalue weighted by molar-refractivity contribution is -0.181. The summed E-state index contributed by atoms with van der Waals surface area (Å²) in [5.74, 6) is 2.15. The lowest BCUT2D eigenvalue weighted by atomic mass is 9.44. The van der Waals surface area contributed by atoms with Gasteiger partial charge in [0.2, 0.25) is 0 Å². The molecule has 9 atom stereocenters. The van der Waals surface area contributed by atoms with E-state index in [0.717, 1.165) is 12.3 Å². The van der Waals surface area contributed by atoms with Gasteiger partial charge in [0, 0.05) is 6.10 Å². The molecular formula is C28H48O3Si. The zero-order valence-corrected chi connectivity index (χ0v) is 23.2. The van der Waals surface area contributed by atoms with Crippen molar-refractivity contribution in [2.24, 2.45) is 34.5 Å². The summed E-state index contributed by atoms with van der Waals surface area (Å²) in [5.41, 5.74) is 0.695. The maximum absolute atomic E-state index is 6.99. The van der Waals surface area contributed by atoms with Crippen molar-refractivity contribution in [3.05, 3.63) is 12.2 Å². The van der Waals surface area contributed by atoms with Crippen LogP contribution in [0.25, 0.3) is 0 Å². The van der Waals surface area contributed by atoms with E-state index in [2.05, 4.69) is 73.7 Å². The fraction of sp³-hybridized carbons (Fsp3) is 0.929. The minimum atomic E-state index is -1.78. The van der Waals surface area contributed by atoms with Gasteiger partial charge in [0.25, 0.3) is 0 Å². The molecule has 0 amide bonds. The molecule has 0 bridgehead atoms. The molecule has 0 N–H and O–H groups in total. The molecule has 1 aliphatic heterocycles. The molecule has 3 saturated carbocycles. The Balaban J connectivity index is 1.46. The van der Waals surface area contributed by atoms with E-state index >= 15 is 0 Å². The van der Waals surface area contributed by atoms with Gasteiger partial charge in [0.15, 0.2) is 14.1 Å². The van der Waals surface area contributed by atoms with Crippen molar-refractivity contribution in [3.63, 3.8) is 0 Å². The third kappa shape index (κ3) is 3.45. The minimum absolute atomic E-state index is 0.213. The minimum Gasteiger partial charge on any atom is -0.414 e. The quantitative estimate of drug-likeness (QED) is 0.319. The highest BCUT2D eigenvalue weighted by molar-refractivity contribution is 6.74. The van der Waals surface area contributed by atoms with Crippen molar-refractivity contribution in [2.75, 3.05) is 0 Å². The first-order chi connectivity index (χ1) is 14.7. The molecule has 1 saturated heterocycles. The number of rotatable bonds is 2. The van der Waals surface area contributed by atoms with E-state index < -0.39 is 14.1 Å². The van der Waals surface area contributed by atoms with E-state index in [1.165, 1.54) is 32.1 Å². The molecule has 0 spiro atoms. The van der Waals surface area contributed by atoms with Gasteiger partial charge in [-0.3, -0.25) is 0 Å². The van der Waals surface area contributed by atoms with Crippen LogP contribution in [0.4, 0.5) is 0 Å². The summed E-state index contributed by atoms with van der Waals surface area (Å²) in [5, 5.41) is 0.256. The fourth-order valence-electron chi connectivity index (χ4n) is 8.33. The summed E-state index contributed by atoms with van der Waals surface area (Å²) in [6.07, 6.45) is 13.4. The van der Waals surface area contributed by atoms with Gasteiger partial charge < -0.3 is 13.9 Å². The van der Waals surface area contributed by atoms with Gasteiger partial charge in [-0.2, -0.15) is 0 Å². The Bertz CT molecular complexity index is 782. The Morgan fingerprint density at radius 3 is 2.28 bits per heavy atom. The summed E-state index contributed by atoms with van der Waals surface area (Å²) >= 11 is 0. The predicted octanol–water partition coefficient (Wildman–Crippen LogP) is 7.33. The molecule has 0 aromatic heterocycles. The molecule has 0 radical (unpaired) electrons. The van der Waals surface area contributed by atoms with Crippen LogP contribution in [0.15, 0.2) is 12.2 Å². The molecule has 4 fully saturated rings. The number of hydrogen-bond donors (Lipinski definition) is 0. The molecule has 1 unspecified atom stereocenters.